The lowest BCUT2D eigenvalue weighted by atomic mass is 10.1. The first kappa shape index (κ1) is 22.3. The Balaban J connectivity index is 1.53. The number of carboxylic acids is 1. The molecule has 2 aromatic heterocycles. The lowest BCUT2D eigenvalue weighted by Gasteiger charge is -2.12. The molecule has 2 aromatic carbocycles. The zero-order chi connectivity index (χ0) is 23.5. The number of halogens is 1. The van der Waals surface area contributed by atoms with E-state index < -0.39 is 5.97 Å². The fourth-order valence-corrected chi connectivity index (χ4v) is 4.02. The van der Waals surface area contributed by atoms with Gasteiger partial charge in [0.15, 0.2) is 0 Å². The van der Waals surface area contributed by atoms with Crippen LogP contribution in [0.4, 0.5) is 15.9 Å². The van der Waals surface area contributed by atoms with Gasteiger partial charge in [-0.3, -0.25) is 0 Å². The zero-order valence-corrected chi connectivity index (χ0v) is 18.8. The maximum atomic E-state index is 14.5. The van der Waals surface area contributed by atoms with Crippen LogP contribution in [0.15, 0.2) is 48.8 Å². The minimum atomic E-state index is -0.984. The van der Waals surface area contributed by atoms with Gasteiger partial charge in [0.2, 0.25) is 0 Å². The second-order valence-corrected chi connectivity index (χ2v) is 7.88. The quantitative estimate of drug-likeness (QED) is 0.348. The Bertz CT molecular complexity index is 1330. The number of nitrogens with one attached hydrogen (secondary N) is 2. The lowest BCUT2D eigenvalue weighted by Crippen LogP contribution is -2.13. The van der Waals surface area contributed by atoms with Crippen LogP contribution in [0.1, 0.15) is 28.5 Å². The second kappa shape index (κ2) is 9.28. The number of hydrogen-bond acceptors (Lipinski definition) is 5. The van der Waals surface area contributed by atoms with Crippen molar-refractivity contribution in [3.8, 4) is 11.3 Å². The highest BCUT2D eigenvalue weighted by molar-refractivity contribution is 5.95. The van der Waals surface area contributed by atoms with E-state index in [1.165, 1.54) is 12.4 Å². The van der Waals surface area contributed by atoms with Gasteiger partial charge in [-0.25, -0.2) is 19.2 Å². The third kappa shape index (κ3) is 4.50. The Hall–Kier alpha value is -3.94. The number of aryl methyl sites for hydroxylation is 2. The summed E-state index contributed by atoms with van der Waals surface area (Å²) in [5, 5.41) is 16.7. The van der Waals surface area contributed by atoms with Crippen molar-refractivity contribution in [1.29, 1.82) is 0 Å². The highest BCUT2D eigenvalue weighted by atomic mass is 19.1. The van der Waals surface area contributed by atoms with E-state index in [4.69, 9.17) is 0 Å². The topological polar surface area (TPSA) is 92.1 Å². The summed E-state index contributed by atoms with van der Waals surface area (Å²) in [6, 6.07) is 12.2. The van der Waals surface area contributed by atoms with Gasteiger partial charge in [0, 0.05) is 48.0 Å². The Kier molecular flexibility index (Phi) is 6.26. The van der Waals surface area contributed by atoms with Crippen molar-refractivity contribution in [2.75, 3.05) is 23.7 Å². The van der Waals surface area contributed by atoms with Gasteiger partial charge in [-0.15, -0.1) is 0 Å². The molecule has 0 saturated carbocycles. The monoisotopic (exact) mass is 447 g/mol. The second-order valence-electron chi connectivity index (χ2n) is 7.88. The van der Waals surface area contributed by atoms with E-state index in [-0.39, 0.29) is 11.4 Å². The maximum Gasteiger partial charge on any atom is 0.337 e. The summed E-state index contributed by atoms with van der Waals surface area (Å²) in [5.74, 6) is -0.575. The Labute approximate surface area is 191 Å². The summed E-state index contributed by atoms with van der Waals surface area (Å²) in [5.41, 5.74) is 4.88. The fraction of sp³-hybridized carbons (Fsp3) is 0.240. The Morgan fingerprint density at radius 1 is 1.09 bits per heavy atom. The molecule has 0 bridgehead atoms. The molecule has 3 N–H and O–H groups in total. The van der Waals surface area contributed by atoms with Crippen molar-refractivity contribution in [2.24, 2.45) is 0 Å². The van der Waals surface area contributed by atoms with Gasteiger partial charge >= 0.3 is 5.97 Å². The number of anilines is 2. The molecule has 0 atom stereocenters. The lowest BCUT2D eigenvalue weighted by molar-refractivity contribution is 0.0698. The molecule has 0 unspecified atom stereocenters. The molecule has 8 heteroatoms. The average molecular weight is 448 g/mol. The Morgan fingerprint density at radius 2 is 1.91 bits per heavy atom. The molecular weight excluding hydrogens is 421 g/mol. The highest BCUT2D eigenvalue weighted by Gasteiger charge is 2.13. The number of carboxylic acid groups (broad SMARTS) is 1. The van der Waals surface area contributed by atoms with Crippen molar-refractivity contribution in [2.45, 2.75) is 27.3 Å². The molecule has 2 heterocycles. The van der Waals surface area contributed by atoms with Crippen LogP contribution in [-0.2, 0) is 6.54 Å². The van der Waals surface area contributed by atoms with Crippen LogP contribution in [0.3, 0.4) is 0 Å². The van der Waals surface area contributed by atoms with Gasteiger partial charge in [-0.05, 0) is 50.6 Å². The summed E-state index contributed by atoms with van der Waals surface area (Å²) in [4.78, 5) is 20.1. The van der Waals surface area contributed by atoms with Crippen molar-refractivity contribution in [1.82, 2.24) is 14.5 Å². The highest BCUT2D eigenvalue weighted by Crippen LogP contribution is 2.27. The normalized spacial score (nSPS) is 11.0. The molecule has 0 spiro atoms. The molecule has 0 radical (unpaired) electrons. The first-order valence-corrected chi connectivity index (χ1v) is 10.8. The smallest absolute Gasteiger partial charge is 0.337 e. The molecule has 0 aliphatic carbocycles. The van der Waals surface area contributed by atoms with E-state index in [1.54, 1.807) is 24.3 Å². The number of carbonyl (C=O) groups is 1. The van der Waals surface area contributed by atoms with Gasteiger partial charge in [0.1, 0.15) is 18.0 Å². The molecule has 0 saturated heterocycles. The minimum absolute atomic E-state index is 0.213. The van der Waals surface area contributed by atoms with E-state index in [9.17, 15) is 14.3 Å². The van der Waals surface area contributed by atoms with Crippen molar-refractivity contribution < 1.29 is 14.3 Å². The zero-order valence-electron chi connectivity index (χ0n) is 18.8. The molecule has 7 nitrogen and oxygen atoms in total. The van der Waals surface area contributed by atoms with E-state index in [0.29, 0.717) is 42.4 Å². The summed E-state index contributed by atoms with van der Waals surface area (Å²) >= 11 is 0. The van der Waals surface area contributed by atoms with Gasteiger partial charge < -0.3 is 20.3 Å². The molecule has 0 aliphatic rings. The number of fused-ring (bicyclic) bond motifs is 1. The number of hydrogen-bond donors (Lipinski definition) is 3. The molecule has 170 valence electrons. The van der Waals surface area contributed by atoms with Crippen LogP contribution in [0, 0.1) is 19.7 Å². The third-order valence-corrected chi connectivity index (χ3v) is 5.66. The molecule has 0 aliphatic heterocycles. The Morgan fingerprint density at radius 3 is 2.67 bits per heavy atom. The van der Waals surface area contributed by atoms with Crippen LogP contribution in [0.5, 0.6) is 0 Å². The van der Waals surface area contributed by atoms with E-state index in [0.717, 1.165) is 22.2 Å². The van der Waals surface area contributed by atoms with Gasteiger partial charge in [-0.1, -0.05) is 12.1 Å². The van der Waals surface area contributed by atoms with Crippen LogP contribution in [0.25, 0.3) is 22.2 Å². The van der Waals surface area contributed by atoms with Crippen LogP contribution in [-0.4, -0.2) is 38.7 Å². The standard InChI is InChI=1S/C25H26FN5O2/c1-4-27-22-12-17(6-7-18(22)25(32)33)21-13-23(30-14-29-21)28-9-10-31-16(3)11-19-15(2)5-8-20(26)24(19)31/h5-8,11-14,27H,4,9-10H2,1-3H3,(H,32,33)(H,28,29,30). The first-order chi connectivity index (χ1) is 15.9. The van der Waals surface area contributed by atoms with Crippen molar-refractivity contribution in [3.63, 3.8) is 0 Å². The third-order valence-electron chi connectivity index (χ3n) is 5.66. The maximum absolute atomic E-state index is 14.5. The van der Waals surface area contributed by atoms with Crippen molar-refractivity contribution >= 4 is 28.4 Å². The molecular formula is C25H26FN5O2. The van der Waals surface area contributed by atoms with Crippen LogP contribution in [0.2, 0.25) is 0 Å². The van der Waals surface area contributed by atoms with Crippen LogP contribution >= 0.6 is 0 Å². The van der Waals surface area contributed by atoms with E-state index in [1.807, 2.05) is 37.5 Å². The number of benzene rings is 2. The average Bonchev–Trinajstić information content (AvgIpc) is 3.14. The van der Waals surface area contributed by atoms with E-state index >= 15 is 0 Å². The number of aromatic nitrogens is 3. The molecule has 0 amide bonds. The van der Waals surface area contributed by atoms with Gasteiger partial charge in [0.25, 0.3) is 0 Å². The SMILES string of the molecule is CCNc1cc(-c2cc(NCCn3c(C)cc4c(C)ccc(F)c43)ncn2)ccc1C(=O)O. The summed E-state index contributed by atoms with van der Waals surface area (Å²) in [6.45, 7) is 7.60. The largest absolute Gasteiger partial charge is 0.478 e. The molecule has 4 aromatic rings. The fourth-order valence-electron chi connectivity index (χ4n) is 4.02. The minimum Gasteiger partial charge on any atom is -0.478 e. The van der Waals surface area contributed by atoms with Gasteiger partial charge in [-0.2, -0.15) is 0 Å². The molecule has 4 rings (SSSR count). The van der Waals surface area contributed by atoms with Gasteiger partial charge in [0.05, 0.1) is 16.8 Å². The summed E-state index contributed by atoms with van der Waals surface area (Å²) in [7, 11) is 0. The molecule has 33 heavy (non-hydrogen) atoms. The predicted molar refractivity (Wildman–Crippen MR) is 128 cm³/mol. The molecule has 0 fully saturated rings. The van der Waals surface area contributed by atoms with E-state index in [2.05, 4.69) is 20.6 Å². The van der Waals surface area contributed by atoms with Crippen molar-refractivity contribution in [3.05, 3.63) is 71.4 Å². The number of nitrogens with zero attached hydrogens (tertiary/aromatic N) is 3. The number of aromatic carboxylic acids is 1. The summed E-state index contributed by atoms with van der Waals surface area (Å²) in [6.07, 6.45) is 1.47. The van der Waals surface area contributed by atoms with Crippen LogP contribution < -0.4 is 10.6 Å². The predicted octanol–water partition coefficient (Wildman–Crippen LogP) is 5.10. The first-order valence-electron chi connectivity index (χ1n) is 10.8. The number of rotatable bonds is 8. The summed E-state index contributed by atoms with van der Waals surface area (Å²) < 4.78 is 16.5.